The van der Waals surface area contributed by atoms with E-state index in [9.17, 15) is 0 Å². The van der Waals surface area contributed by atoms with E-state index < -0.39 is 0 Å². The van der Waals surface area contributed by atoms with Crippen molar-refractivity contribution in [2.75, 3.05) is 0 Å². The topological polar surface area (TPSA) is 35.2 Å². The Morgan fingerprint density at radius 2 is 1.83 bits per heavy atom. The van der Waals surface area contributed by atoms with E-state index in [1.807, 2.05) is 55.5 Å². The van der Waals surface area contributed by atoms with Crippen LogP contribution in [0.1, 0.15) is 24.2 Å². The summed E-state index contributed by atoms with van der Waals surface area (Å²) in [5.74, 6) is 0.751. The van der Waals surface area contributed by atoms with Gasteiger partial charge in [-0.05, 0) is 24.6 Å². The van der Waals surface area contributed by atoms with Gasteiger partial charge in [-0.25, -0.2) is 0 Å². The van der Waals surface area contributed by atoms with E-state index in [2.05, 4.69) is 0 Å². The Morgan fingerprint density at radius 3 is 2.50 bits per heavy atom. The summed E-state index contributed by atoms with van der Waals surface area (Å²) in [6.45, 7) is 2.38. The third-order valence-electron chi connectivity index (χ3n) is 2.85. The normalized spacial score (nSPS) is 12.2. The van der Waals surface area contributed by atoms with Crippen LogP contribution in [0.15, 0.2) is 48.5 Å². The highest BCUT2D eigenvalue weighted by Crippen LogP contribution is 2.29. The third kappa shape index (κ3) is 2.84. The number of benzene rings is 2. The maximum Gasteiger partial charge on any atom is 0.126 e. The molecule has 0 radical (unpaired) electrons. The van der Waals surface area contributed by atoms with E-state index in [1.165, 1.54) is 0 Å². The van der Waals surface area contributed by atoms with Gasteiger partial charge in [0.25, 0.3) is 0 Å². The largest absolute Gasteiger partial charge is 0.486 e. The Kier molecular flexibility index (Phi) is 4.24. The molecule has 2 rings (SSSR count). The average Bonchev–Trinajstić information content (AvgIpc) is 2.40. The fraction of sp³-hybridized carbons (Fsp3) is 0.200. The molecule has 0 spiro atoms. The minimum absolute atomic E-state index is 0.0324. The maximum atomic E-state index is 6.10. The van der Waals surface area contributed by atoms with E-state index >= 15 is 0 Å². The molecule has 0 amide bonds. The van der Waals surface area contributed by atoms with Gasteiger partial charge in [-0.15, -0.1) is 0 Å². The monoisotopic (exact) mass is 261 g/mol. The van der Waals surface area contributed by atoms with E-state index in [4.69, 9.17) is 22.1 Å². The predicted molar refractivity (Wildman–Crippen MR) is 74.8 cm³/mol. The zero-order valence-electron chi connectivity index (χ0n) is 10.3. The summed E-state index contributed by atoms with van der Waals surface area (Å²) in [6, 6.07) is 15.6. The highest BCUT2D eigenvalue weighted by atomic mass is 35.5. The first-order valence-corrected chi connectivity index (χ1v) is 6.29. The van der Waals surface area contributed by atoms with E-state index in [1.54, 1.807) is 0 Å². The van der Waals surface area contributed by atoms with Gasteiger partial charge in [0.15, 0.2) is 0 Å². The highest BCUT2D eigenvalue weighted by Gasteiger charge is 2.11. The first kappa shape index (κ1) is 12.9. The minimum Gasteiger partial charge on any atom is -0.486 e. The van der Waals surface area contributed by atoms with Gasteiger partial charge in [-0.1, -0.05) is 48.0 Å². The van der Waals surface area contributed by atoms with Gasteiger partial charge in [-0.3, -0.25) is 0 Å². The van der Waals surface area contributed by atoms with Gasteiger partial charge in [0.05, 0.1) is 0 Å². The summed E-state index contributed by atoms with van der Waals surface area (Å²) in [5, 5.41) is 0.648. The van der Waals surface area contributed by atoms with Crippen molar-refractivity contribution in [2.45, 2.75) is 19.6 Å². The van der Waals surface area contributed by atoms with Crippen LogP contribution < -0.4 is 10.5 Å². The Labute approximate surface area is 112 Å². The molecule has 2 aromatic carbocycles. The van der Waals surface area contributed by atoms with Crippen LogP contribution in [0.4, 0.5) is 0 Å². The first-order chi connectivity index (χ1) is 8.72. The lowest BCUT2D eigenvalue weighted by Gasteiger charge is -2.18. The lowest BCUT2D eigenvalue weighted by Crippen LogP contribution is -2.07. The fourth-order valence-electron chi connectivity index (χ4n) is 1.83. The van der Waals surface area contributed by atoms with Crippen molar-refractivity contribution in [3.63, 3.8) is 0 Å². The number of halogens is 1. The second-order valence-electron chi connectivity index (χ2n) is 4.09. The van der Waals surface area contributed by atoms with Gasteiger partial charge in [0, 0.05) is 17.1 Å². The molecule has 0 aliphatic rings. The van der Waals surface area contributed by atoms with Gasteiger partial charge in [0.2, 0.25) is 0 Å². The smallest absolute Gasteiger partial charge is 0.126 e. The molecule has 0 heterocycles. The van der Waals surface area contributed by atoms with E-state index in [0.717, 1.165) is 16.9 Å². The molecule has 0 bridgehead atoms. The molecule has 0 saturated heterocycles. The van der Waals surface area contributed by atoms with Crippen molar-refractivity contribution in [3.8, 4) is 5.75 Å². The number of hydrogen-bond acceptors (Lipinski definition) is 2. The van der Waals surface area contributed by atoms with Crippen LogP contribution in [-0.2, 0) is 6.54 Å². The lowest BCUT2D eigenvalue weighted by atomic mass is 10.1. The minimum atomic E-state index is -0.0324. The quantitative estimate of drug-likeness (QED) is 0.905. The molecule has 0 fully saturated rings. The van der Waals surface area contributed by atoms with Crippen LogP contribution >= 0.6 is 11.6 Å². The molecular formula is C15H16ClNO. The number of nitrogens with two attached hydrogens (primary N) is 1. The van der Waals surface area contributed by atoms with E-state index in [-0.39, 0.29) is 6.10 Å². The summed E-state index contributed by atoms with van der Waals surface area (Å²) >= 11 is 6.10. The second kappa shape index (κ2) is 5.89. The summed E-state index contributed by atoms with van der Waals surface area (Å²) < 4.78 is 5.94. The van der Waals surface area contributed by atoms with Crippen LogP contribution in [0.3, 0.4) is 0 Å². The Bertz CT molecular complexity index is 513. The van der Waals surface area contributed by atoms with Crippen LogP contribution in [0, 0.1) is 0 Å². The Morgan fingerprint density at radius 1 is 1.11 bits per heavy atom. The number of ether oxygens (including phenoxy) is 1. The average molecular weight is 262 g/mol. The lowest BCUT2D eigenvalue weighted by molar-refractivity contribution is 0.224. The number of hydrogen-bond donors (Lipinski definition) is 1. The molecule has 1 unspecified atom stereocenters. The molecular weight excluding hydrogens is 246 g/mol. The van der Waals surface area contributed by atoms with E-state index in [0.29, 0.717) is 11.6 Å². The zero-order valence-corrected chi connectivity index (χ0v) is 11.0. The zero-order chi connectivity index (χ0) is 13.0. The summed E-state index contributed by atoms with van der Waals surface area (Å²) in [5.41, 5.74) is 7.68. The Hall–Kier alpha value is -1.51. The standard InChI is InChI=1S/C15H16ClNO/c1-11(12-6-3-2-4-7-12)18-15-9-5-8-14(16)13(15)10-17/h2-9,11H,10,17H2,1H3. The second-order valence-corrected chi connectivity index (χ2v) is 4.50. The third-order valence-corrected chi connectivity index (χ3v) is 3.21. The SMILES string of the molecule is CC(Oc1cccc(Cl)c1CN)c1ccccc1. The molecule has 0 aromatic heterocycles. The van der Waals surface area contributed by atoms with Crippen molar-refractivity contribution in [1.29, 1.82) is 0 Å². The predicted octanol–water partition coefficient (Wildman–Crippen LogP) is 3.94. The van der Waals surface area contributed by atoms with Gasteiger partial charge < -0.3 is 10.5 Å². The molecule has 2 nitrogen and oxygen atoms in total. The van der Waals surface area contributed by atoms with Crippen LogP contribution in [0.5, 0.6) is 5.75 Å². The fourth-order valence-corrected chi connectivity index (χ4v) is 2.07. The van der Waals surface area contributed by atoms with Gasteiger partial charge in [0.1, 0.15) is 11.9 Å². The molecule has 0 aliphatic carbocycles. The van der Waals surface area contributed by atoms with Crippen LogP contribution in [-0.4, -0.2) is 0 Å². The van der Waals surface area contributed by atoms with Crippen molar-refractivity contribution in [2.24, 2.45) is 5.73 Å². The summed E-state index contributed by atoms with van der Waals surface area (Å²) in [7, 11) is 0. The summed E-state index contributed by atoms with van der Waals surface area (Å²) in [4.78, 5) is 0. The molecule has 0 aliphatic heterocycles. The van der Waals surface area contributed by atoms with Crippen molar-refractivity contribution < 1.29 is 4.74 Å². The van der Waals surface area contributed by atoms with Crippen molar-refractivity contribution in [1.82, 2.24) is 0 Å². The number of rotatable bonds is 4. The van der Waals surface area contributed by atoms with Crippen LogP contribution in [0.25, 0.3) is 0 Å². The van der Waals surface area contributed by atoms with Gasteiger partial charge in [-0.2, -0.15) is 0 Å². The molecule has 1 atom stereocenters. The van der Waals surface area contributed by atoms with Gasteiger partial charge >= 0.3 is 0 Å². The Balaban J connectivity index is 2.22. The molecule has 18 heavy (non-hydrogen) atoms. The molecule has 94 valence electrons. The highest BCUT2D eigenvalue weighted by molar-refractivity contribution is 6.31. The summed E-state index contributed by atoms with van der Waals surface area (Å²) in [6.07, 6.45) is -0.0324. The molecule has 2 aromatic rings. The molecule has 3 heteroatoms. The first-order valence-electron chi connectivity index (χ1n) is 5.91. The van der Waals surface area contributed by atoms with Crippen molar-refractivity contribution in [3.05, 3.63) is 64.7 Å². The molecule has 0 saturated carbocycles. The molecule has 2 N–H and O–H groups in total. The van der Waals surface area contributed by atoms with Crippen molar-refractivity contribution >= 4 is 11.6 Å². The van der Waals surface area contributed by atoms with Crippen LogP contribution in [0.2, 0.25) is 5.02 Å². The maximum absolute atomic E-state index is 6.10.